The van der Waals surface area contributed by atoms with E-state index in [-0.39, 0.29) is 54.8 Å². The summed E-state index contributed by atoms with van der Waals surface area (Å²) in [5.41, 5.74) is 6.09. The van der Waals surface area contributed by atoms with Gasteiger partial charge in [-0.15, -0.1) is 11.3 Å². The van der Waals surface area contributed by atoms with Gasteiger partial charge in [0.1, 0.15) is 5.75 Å². The van der Waals surface area contributed by atoms with Crippen molar-refractivity contribution in [1.82, 2.24) is 25.4 Å². The Morgan fingerprint density at radius 1 is 1.31 bits per heavy atom. The first-order chi connectivity index (χ1) is 18.6. The number of anilines is 1. The molecule has 206 valence electrons. The highest BCUT2D eigenvalue weighted by atomic mass is 32.1. The molecule has 4 rings (SSSR count). The second-order valence-electron chi connectivity index (χ2n) is 8.66. The molecule has 39 heavy (non-hydrogen) atoms. The number of carbonyl (C=O) groups excluding carboxylic acids is 4. The summed E-state index contributed by atoms with van der Waals surface area (Å²) >= 11 is 1.02. The molecule has 2 aliphatic rings. The minimum absolute atomic E-state index is 0.00653. The van der Waals surface area contributed by atoms with Gasteiger partial charge in [0.15, 0.2) is 11.2 Å². The largest absolute Gasteiger partial charge is 0.547 e. The van der Waals surface area contributed by atoms with Crippen molar-refractivity contribution in [3.8, 4) is 5.75 Å². The van der Waals surface area contributed by atoms with Crippen molar-refractivity contribution >= 4 is 53.3 Å². The highest BCUT2D eigenvalue weighted by Gasteiger charge is 2.41. The van der Waals surface area contributed by atoms with Crippen LogP contribution in [-0.4, -0.2) is 101 Å². The summed E-state index contributed by atoms with van der Waals surface area (Å²) in [4.78, 5) is 68.9. The molecule has 5 amide bonds. The second kappa shape index (κ2) is 11.7. The molecule has 0 bridgehead atoms. The number of benzene rings is 1. The van der Waals surface area contributed by atoms with Crippen molar-refractivity contribution in [3.63, 3.8) is 0 Å². The first kappa shape index (κ1) is 27.8. The number of aromatic nitrogens is 1. The van der Waals surface area contributed by atoms with Crippen LogP contribution in [0.25, 0.3) is 0 Å². The number of ether oxygens (including phenoxy) is 1. The minimum atomic E-state index is -1.60. The van der Waals surface area contributed by atoms with Crippen molar-refractivity contribution in [2.75, 3.05) is 39.1 Å². The molecule has 1 aromatic carbocycles. The number of hydrogen-bond donors (Lipinski definition) is 5. The van der Waals surface area contributed by atoms with Gasteiger partial charge in [0.2, 0.25) is 5.91 Å². The fourth-order valence-electron chi connectivity index (χ4n) is 4.17. The maximum Gasteiger partial charge on any atom is 0.547 e. The maximum absolute atomic E-state index is 13.3. The van der Waals surface area contributed by atoms with E-state index in [4.69, 9.17) is 15.1 Å². The van der Waals surface area contributed by atoms with Crippen LogP contribution >= 0.6 is 11.3 Å². The average molecular weight is 560 g/mol. The van der Waals surface area contributed by atoms with E-state index in [1.165, 1.54) is 29.5 Å². The van der Waals surface area contributed by atoms with Gasteiger partial charge in [0, 0.05) is 32.1 Å². The predicted octanol–water partition coefficient (Wildman–Crippen LogP) is -1.37. The highest BCUT2D eigenvalue weighted by Crippen LogP contribution is 2.30. The molecule has 0 saturated carbocycles. The Kier molecular flexibility index (Phi) is 8.32. The fraction of sp³-hybridized carbons (Fsp3) is 0.364. The molecule has 1 saturated heterocycles. The summed E-state index contributed by atoms with van der Waals surface area (Å²) in [5.74, 6) is -5.01. The molecule has 6 N–H and O–H groups in total. The number of thiazole rings is 1. The molecule has 0 radical (unpaired) electrons. The minimum Gasteiger partial charge on any atom is -0.534 e. The summed E-state index contributed by atoms with van der Waals surface area (Å²) < 4.78 is 10.3. The predicted molar refractivity (Wildman–Crippen MR) is 136 cm³/mol. The molecular weight excluding hydrogens is 535 g/mol. The summed E-state index contributed by atoms with van der Waals surface area (Å²) in [6.45, 7) is 0.386. The number of urea groups is 1. The number of rotatable bonds is 8. The number of nitrogen functional groups attached to an aromatic ring is 1. The standard InChI is InChI=1S/C22H25BN6O9S/c1-37-8-7-28-5-6-29(19(32)18(28)31)22(35)27-15(13-10-39-21(24)25-13)17(30)26-14-9-11-3-2-4-12(20(33)34)16(11)38-23(14)36/h2-4,10,14-15,36H,5-9H2,1H3,(H2,24,25)(H,26,30)(H,27,35)(H,33,34)/t14-,15?/m0/s1. The van der Waals surface area contributed by atoms with Crippen LogP contribution in [0.4, 0.5) is 9.93 Å². The van der Waals surface area contributed by atoms with Crippen molar-refractivity contribution in [2.24, 2.45) is 0 Å². The number of aromatic carboxylic acids is 1. The van der Waals surface area contributed by atoms with Crippen LogP contribution in [0.2, 0.25) is 0 Å². The van der Waals surface area contributed by atoms with Crippen molar-refractivity contribution < 1.29 is 43.5 Å². The van der Waals surface area contributed by atoms with E-state index in [0.717, 1.165) is 11.3 Å². The molecule has 2 aromatic rings. The molecule has 15 nitrogen and oxygen atoms in total. The molecule has 1 fully saturated rings. The monoisotopic (exact) mass is 560 g/mol. The van der Waals surface area contributed by atoms with Crippen LogP contribution in [0, 0.1) is 0 Å². The number of fused-ring (bicyclic) bond motifs is 1. The zero-order valence-electron chi connectivity index (χ0n) is 20.7. The Hall–Kier alpha value is -4.22. The molecule has 0 spiro atoms. The quantitative estimate of drug-likeness (QED) is 0.188. The lowest BCUT2D eigenvalue weighted by Crippen LogP contribution is -2.60. The number of hydrogen-bond acceptors (Lipinski definition) is 11. The maximum atomic E-state index is 13.3. The molecule has 0 aliphatic carbocycles. The zero-order valence-corrected chi connectivity index (χ0v) is 21.5. The second-order valence-corrected chi connectivity index (χ2v) is 9.55. The van der Waals surface area contributed by atoms with E-state index in [9.17, 15) is 34.1 Å². The number of nitrogens with two attached hydrogens (primary N) is 1. The van der Waals surface area contributed by atoms with E-state index in [1.807, 2.05) is 0 Å². The van der Waals surface area contributed by atoms with Gasteiger partial charge in [-0.25, -0.2) is 14.6 Å². The lowest BCUT2D eigenvalue weighted by Gasteiger charge is -2.33. The number of carboxylic acid groups (broad SMARTS) is 1. The van der Waals surface area contributed by atoms with Gasteiger partial charge in [-0.3, -0.25) is 19.3 Å². The third-order valence-electron chi connectivity index (χ3n) is 6.16. The normalized spacial score (nSPS) is 17.8. The van der Waals surface area contributed by atoms with Crippen molar-refractivity contribution in [1.29, 1.82) is 0 Å². The SMILES string of the molecule is COCCN1CCN(C(=O)NC(C(=O)N[C@H]2Cc3cccc(C(=O)O)c3OB2O)c2csc(N)n2)C(=O)C1=O. The molecule has 3 heterocycles. The third kappa shape index (κ3) is 5.94. The van der Waals surface area contributed by atoms with Gasteiger partial charge in [0.25, 0.3) is 0 Å². The Balaban J connectivity index is 1.49. The van der Waals surface area contributed by atoms with Gasteiger partial charge in [-0.05, 0) is 18.1 Å². The number of nitrogens with one attached hydrogen (secondary N) is 2. The van der Waals surface area contributed by atoms with Crippen LogP contribution < -0.4 is 21.0 Å². The molecular formula is C22H25BN6O9S. The highest BCUT2D eigenvalue weighted by molar-refractivity contribution is 7.13. The lowest BCUT2D eigenvalue weighted by molar-refractivity contribution is -0.154. The number of methoxy groups -OCH3 is 1. The topological polar surface area (TPSA) is 214 Å². The van der Waals surface area contributed by atoms with Crippen molar-refractivity contribution in [2.45, 2.75) is 18.4 Å². The van der Waals surface area contributed by atoms with E-state index in [0.29, 0.717) is 10.5 Å². The van der Waals surface area contributed by atoms with Gasteiger partial charge in [0.05, 0.1) is 23.8 Å². The lowest BCUT2D eigenvalue weighted by atomic mass is 9.72. The average Bonchev–Trinajstić information content (AvgIpc) is 3.33. The Morgan fingerprint density at radius 2 is 2.08 bits per heavy atom. The van der Waals surface area contributed by atoms with Crippen LogP contribution in [-0.2, 0) is 25.5 Å². The number of carboxylic acids is 1. The Morgan fingerprint density at radius 3 is 2.74 bits per heavy atom. The van der Waals surface area contributed by atoms with Crippen LogP contribution in [0.15, 0.2) is 23.6 Å². The zero-order chi connectivity index (χ0) is 28.3. The van der Waals surface area contributed by atoms with E-state index in [2.05, 4.69) is 15.6 Å². The van der Waals surface area contributed by atoms with Gasteiger partial charge in [-0.2, -0.15) is 0 Å². The first-order valence-corrected chi connectivity index (χ1v) is 12.6. The smallest absolute Gasteiger partial charge is 0.534 e. The van der Waals surface area contributed by atoms with Crippen molar-refractivity contribution in [3.05, 3.63) is 40.4 Å². The van der Waals surface area contributed by atoms with Gasteiger partial charge < -0.3 is 40.8 Å². The number of imide groups is 1. The first-order valence-electron chi connectivity index (χ1n) is 11.7. The van der Waals surface area contributed by atoms with E-state index >= 15 is 0 Å². The number of carbonyl (C=O) groups is 5. The third-order valence-corrected chi connectivity index (χ3v) is 6.85. The number of amides is 5. The summed E-state index contributed by atoms with van der Waals surface area (Å²) in [6, 6.07) is 2.00. The molecule has 1 aromatic heterocycles. The van der Waals surface area contributed by atoms with Gasteiger partial charge >= 0.3 is 30.9 Å². The van der Waals surface area contributed by atoms with E-state index < -0.39 is 48.8 Å². The van der Waals surface area contributed by atoms with Crippen LogP contribution in [0.1, 0.15) is 27.7 Å². The fourth-order valence-corrected chi connectivity index (χ4v) is 4.76. The molecule has 17 heteroatoms. The van der Waals surface area contributed by atoms with E-state index in [1.54, 1.807) is 6.07 Å². The summed E-state index contributed by atoms with van der Waals surface area (Å²) in [6.07, 6.45) is 0.0274. The van der Waals surface area contributed by atoms with Gasteiger partial charge in [-0.1, -0.05) is 12.1 Å². The molecule has 2 atom stereocenters. The summed E-state index contributed by atoms with van der Waals surface area (Å²) in [5, 5.41) is 26.4. The van der Waals surface area contributed by atoms with Crippen LogP contribution in [0.5, 0.6) is 5.75 Å². The molecule has 1 unspecified atom stereocenters. The number of piperazine rings is 1. The number of nitrogens with zero attached hydrogens (tertiary/aromatic N) is 3. The Labute approximate surface area is 226 Å². The summed E-state index contributed by atoms with van der Waals surface area (Å²) in [7, 11) is -0.144. The Bertz CT molecular complexity index is 1310. The molecule has 2 aliphatic heterocycles. The van der Waals surface area contributed by atoms with Crippen LogP contribution in [0.3, 0.4) is 0 Å². The number of para-hydroxylation sites is 1.